The second-order valence-electron chi connectivity index (χ2n) is 5.95. The van der Waals surface area contributed by atoms with Gasteiger partial charge in [-0.15, -0.1) is 0 Å². The summed E-state index contributed by atoms with van der Waals surface area (Å²) in [6.07, 6.45) is 4.89. The van der Waals surface area contributed by atoms with Gasteiger partial charge in [0.25, 0.3) is 5.91 Å². The minimum atomic E-state index is -0.0108. The molecule has 1 N–H and O–H groups in total. The maximum Gasteiger partial charge on any atom is 0.257 e. The Morgan fingerprint density at radius 1 is 1.17 bits per heavy atom. The van der Waals surface area contributed by atoms with Crippen molar-refractivity contribution in [3.8, 4) is 0 Å². The van der Waals surface area contributed by atoms with Gasteiger partial charge in [-0.25, -0.2) is 0 Å². The van der Waals surface area contributed by atoms with E-state index in [1.165, 1.54) is 12.5 Å². The summed E-state index contributed by atoms with van der Waals surface area (Å²) in [6, 6.07) is 9.55. The van der Waals surface area contributed by atoms with Crippen molar-refractivity contribution in [2.45, 2.75) is 25.3 Å². The van der Waals surface area contributed by atoms with E-state index in [-0.39, 0.29) is 17.9 Å². The Morgan fingerprint density at radius 3 is 2.50 bits per heavy atom. The molecular weight excluding hydrogens is 372 g/mol. The third-order valence-corrected chi connectivity index (χ3v) is 4.72. The third-order valence-electron chi connectivity index (χ3n) is 4.19. The monoisotopic (exact) mass is 390 g/mol. The smallest absolute Gasteiger partial charge is 0.257 e. The van der Waals surface area contributed by atoms with Crippen LogP contribution in [0.5, 0.6) is 0 Å². The molecule has 126 valence electrons. The van der Waals surface area contributed by atoms with Gasteiger partial charge in [-0.2, -0.15) is 0 Å². The molecule has 0 saturated carbocycles. The standard InChI is InChI=1S/C18H19BrN2O3/c19-15-3-1-13(2-4-15)11-17(22)20-16-5-8-21(9-6-16)18(23)14-7-10-24-12-14/h1-4,7,10,12,16H,5-6,8-9,11H2,(H,20,22). The second-order valence-corrected chi connectivity index (χ2v) is 6.86. The van der Waals surface area contributed by atoms with Crippen LogP contribution < -0.4 is 5.32 Å². The Bertz CT molecular complexity index is 690. The highest BCUT2D eigenvalue weighted by Crippen LogP contribution is 2.15. The van der Waals surface area contributed by atoms with Crippen molar-refractivity contribution in [3.05, 3.63) is 58.5 Å². The molecule has 0 unspecified atom stereocenters. The molecule has 5 nitrogen and oxygen atoms in total. The Hall–Kier alpha value is -2.08. The largest absolute Gasteiger partial charge is 0.472 e. The van der Waals surface area contributed by atoms with Gasteiger partial charge < -0.3 is 14.6 Å². The fraction of sp³-hybridized carbons (Fsp3) is 0.333. The van der Waals surface area contributed by atoms with E-state index in [1.807, 2.05) is 29.2 Å². The highest BCUT2D eigenvalue weighted by atomic mass is 79.9. The van der Waals surface area contributed by atoms with Crippen molar-refractivity contribution in [3.63, 3.8) is 0 Å². The summed E-state index contributed by atoms with van der Waals surface area (Å²) in [4.78, 5) is 26.2. The Balaban J connectivity index is 1.46. The molecule has 1 aromatic carbocycles. The van der Waals surface area contributed by atoms with Gasteiger partial charge in [-0.3, -0.25) is 9.59 Å². The van der Waals surface area contributed by atoms with Crippen LogP contribution in [0.15, 0.2) is 51.7 Å². The molecule has 24 heavy (non-hydrogen) atoms. The van der Waals surface area contributed by atoms with Crippen LogP contribution >= 0.6 is 15.9 Å². The lowest BCUT2D eigenvalue weighted by Crippen LogP contribution is -2.46. The number of rotatable bonds is 4. The summed E-state index contributed by atoms with van der Waals surface area (Å²) in [5.74, 6) is 0.0142. The highest BCUT2D eigenvalue weighted by molar-refractivity contribution is 9.10. The number of carbonyl (C=O) groups excluding carboxylic acids is 2. The van der Waals surface area contributed by atoms with Gasteiger partial charge in [0.15, 0.2) is 0 Å². The van der Waals surface area contributed by atoms with Crippen molar-refractivity contribution in [2.24, 2.45) is 0 Å². The fourth-order valence-electron chi connectivity index (χ4n) is 2.86. The van der Waals surface area contributed by atoms with Crippen LogP contribution in [0.1, 0.15) is 28.8 Å². The molecule has 1 aliphatic heterocycles. The van der Waals surface area contributed by atoms with Crippen molar-refractivity contribution in [1.82, 2.24) is 10.2 Å². The van der Waals surface area contributed by atoms with Gasteiger partial charge in [-0.05, 0) is 36.6 Å². The molecule has 6 heteroatoms. The molecule has 2 amide bonds. The van der Waals surface area contributed by atoms with E-state index in [9.17, 15) is 9.59 Å². The minimum Gasteiger partial charge on any atom is -0.472 e. The summed E-state index contributed by atoms with van der Waals surface area (Å²) < 4.78 is 5.96. The number of hydrogen-bond acceptors (Lipinski definition) is 3. The van der Waals surface area contributed by atoms with Gasteiger partial charge >= 0.3 is 0 Å². The molecule has 0 aliphatic carbocycles. The summed E-state index contributed by atoms with van der Waals surface area (Å²) >= 11 is 3.38. The zero-order valence-corrected chi connectivity index (χ0v) is 14.8. The number of halogens is 1. The normalized spacial score (nSPS) is 15.3. The average molecular weight is 391 g/mol. The molecule has 2 aromatic rings. The van der Waals surface area contributed by atoms with Crippen LogP contribution in [-0.4, -0.2) is 35.8 Å². The number of likely N-dealkylation sites (tertiary alicyclic amines) is 1. The van der Waals surface area contributed by atoms with E-state index in [0.29, 0.717) is 25.1 Å². The second kappa shape index (κ2) is 7.66. The fourth-order valence-corrected chi connectivity index (χ4v) is 3.13. The van der Waals surface area contributed by atoms with Crippen LogP contribution in [0.4, 0.5) is 0 Å². The Kier molecular flexibility index (Phi) is 5.35. The predicted octanol–water partition coefficient (Wildman–Crippen LogP) is 3.01. The van der Waals surface area contributed by atoms with Crippen molar-refractivity contribution in [1.29, 1.82) is 0 Å². The first kappa shape index (κ1) is 16.8. The Morgan fingerprint density at radius 2 is 1.88 bits per heavy atom. The number of benzene rings is 1. The molecule has 1 saturated heterocycles. The number of amides is 2. The van der Waals surface area contributed by atoms with E-state index >= 15 is 0 Å². The van der Waals surface area contributed by atoms with Gasteiger partial charge in [0.05, 0.1) is 18.2 Å². The molecule has 1 fully saturated rings. The first-order valence-corrected chi connectivity index (χ1v) is 8.76. The lowest BCUT2D eigenvalue weighted by Gasteiger charge is -2.32. The lowest BCUT2D eigenvalue weighted by atomic mass is 10.0. The number of piperidine rings is 1. The summed E-state index contributed by atoms with van der Waals surface area (Å²) in [6.45, 7) is 1.29. The van der Waals surface area contributed by atoms with E-state index in [4.69, 9.17) is 4.42 Å². The van der Waals surface area contributed by atoms with E-state index < -0.39 is 0 Å². The van der Waals surface area contributed by atoms with Crippen LogP contribution in [0, 0.1) is 0 Å². The predicted molar refractivity (Wildman–Crippen MR) is 93.6 cm³/mol. The molecule has 1 aliphatic rings. The van der Waals surface area contributed by atoms with Gasteiger partial charge in [0.1, 0.15) is 6.26 Å². The number of furan rings is 1. The van der Waals surface area contributed by atoms with Crippen molar-refractivity contribution in [2.75, 3.05) is 13.1 Å². The van der Waals surface area contributed by atoms with Gasteiger partial charge in [0, 0.05) is 23.6 Å². The molecule has 3 rings (SSSR count). The summed E-state index contributed by atoms with van der Waals surface area (Å²) in [7, 11) is 0. The number of carbonyl (C=O) groups is 2. The molecule has 0 bridgehead atoms. The molecule has 2 heterocycles. The highest BCUT2D eigenvalue weighted by Gasteiger charge is 2.25. The van der Waals surface area contributed by atoms with Gasteiger partial charge in [0.2, 0.25) is 5.91 Å². The Labute approximate surface area is 149 Å². The lowest BCUT2D eigenvalue weighted by molar-refractivity contribution is -0.121. The zero-order chi connectivity index (χ0) is 16.9. The van der Waals surface area contributed by atoms with E-state index in [0.717, 1.165) is 22.9 Å². The molecular formula is C18H19BrN2O3. The summed E-state index contributed by atoms with van der Waals surface area (Å²) in [5, 5.41) is 3.07. The zero-order valence-electron chi connectivity index (χ0n) is 13.2. The maximum absolute atomic E-state index is 12.2. The maximum atomic E-state index is 12.2. The van der Waals surface area contributed by atoms with E-state index in [1.54, 1.807) is 6.07 Å². The third kappa shape index (κ3) is 4.26. The topological polar surface area (TPSA) is 62.6 Å². The summed E-state index contributed by atoms with van der Waals surface area (Å²) in [5.41, 5.74) is 1.57. The van der Waals surface area contributed by atoms with Crippen LogP contribution in [0.25, 0.3) is 0 Å². The first-order chi connectivity index (χ1) is 11.6. The van der Waals surface area contributed by atoms with Crippen LogP contribution in [-0.2, 0) is 11.2 Å². The first-order valence-electron chi connectivity index (χ1n) is 7.97. The average Bonchev–Trinajstić information content (AvgIpc) is 3.11. The van der Waals surface area contributed by atoms with Crippen LogP contribution in [0.3, 0.4) is 0 Å². The molecule has 0 spiro atoms. The van der Waals surface area contributed by atoms with Crippen molar-refractivity contribution >= 4 is 27.7 Å². The molecule has 0 radical (unpaired) electrons. The number of nitrogens with one attached hydrogen (secondary N) is 1. The van der Waals surface area contributed by atoms with Crippen LogP contribution in [0.2, 0.25) is 0 Å². The number of hydrogen-bond donors (Lipinski definition) is 1. The van der Waals surface area contributed by atoms with Crippen molar-refractivity contribution < 1.29 is 14.0 Å². The molecule has 0 atom stereocenters. The molecule has 1 aromatic heterocycles. The SMILES string of the molecule is O=C(Cc1ccc(Br)cc1)NC1CCN(C(=O)c2ccoc2)CC1. The van der Waals surface area contributed by atoms with E-state index in [2.05, 4.69) is 21.2 Å². The minimum absolute atomic E-state index is 0.0108. The van der Waals surface area contributed by atoms with Gasteiger partial charge in [-0.1, -0.05) is 28.1 Å². The number of nitrogens with zero attached hydrogens (tertiary/aromatic N) is 1. The quantitative estimate of drug-likeness (QED) is 0.872.